The monoisotopic (exact) mass is 284 g/mol. The molecule has 0 bridgehead atoms. The molecule has 0 rings (SSSR count). The van der Waals surface area contributed by atoms with Crippen LogP contribution in [0, 0.1) is 5.41 Å². The third kappa shape index (κ3) is 8.10. The van der Waals surface area contributed by atoms with E-state index < -0.39 is 0 Å². The fourth-order valence-electron chi connectivity index (χ4n) is 1.01. The Morgan fingerprint density at radius 3 is 2.47 bits per heavy atom. The number of hydrogen-bond acceptors (Lipinski definition) is 4. The first kappa shape index (κ1) is 17.3. The van der Waals surface area contributed by atoms with Crippen molar-refractivity contribution >= 4 is 35.2 Å². The van der Waals surface area contributed by atoms with E-state index in [4.69, 9.17) is 17.0 Å². The molecule has 0 amide bonds. The van der Waals surface area contributed by atoms with E-state index in [0.717, 1.165) is 0 Å². The maximum atomic E-state index is 7.53. The molecule has 0 radical (unpaired) electrons. The third-order valence-corrected chi connectivity index (χ3v) is 2.01. The number of rotatable bonds is 6. The van der Waals surface area contributed by atoms with Gasteiger partial charge in [-0.2, -0.15) is 5.10 Å². The van der Waals surface area contributed by atoms with Crippen LogP contribution >= 0.6 is 11.6 Å². The molecule has 0 aliphatic carbocycles. The number of hydrazone groups is 1. The van der Waals surface area contributed by atoms with Gasteiger partial charge in [-0.1, -0.05) is 18.2 Å². The predicted molar refractivity (Wildman–Crippen MR) is 84.0 cm³/mol. The van der Waals surface area contributed by atoms with Crippen LogP contribution in [0.4, 0.5) is 0 Å². The van der Waals surface area contributed by atoms with E-state index in [-0.39, 0.29) is 0 Å². The first-order valence-electron chi connectivity index (χ1n) is 5.82. The van der Waals surface area contributed by atoms with Crippen LogP contribution < -0.4 is 5.43 Å². The Kier molecular flexibility index (Phi) is 8.44. The minimum Gasteiger partial charge on any atom is -0.362 e. The van der Waals surface area contributed by atoms with Crippen molar-refractivity contribution in [3.8, 4) is 0 Å². The lowest BCUT2D eigenvalue weighted by molar-refractivity contribution is 0.629. The summed E-state index contributed by atoms with van der Waals surface area (Å²) in [6, 6.07) is 0. The quantitative estimate of drug-likeness (QED) is 0.443. The molecule has 0 saturated carbocycles. The average Bonchev–Trinajstić information content (AvgIpc) is 2.30. The number of aliphatic imine (C=N–C) groups is 2. The zero-order chi connectivity index (χ0) is 14.8. The minimum atomic E-state index is 0.330. The second-order valence-electron chi connectivity index (χ2n) is 3.90. The summed E-state index contributed by atoms with van der Waals surface area (Å²) in [7, 11) is 3.70. The van der Waals surface area contributed by atoms with Crippen LogP contribution in [0.2, 0.25) is 0 Å². The van der Waals surface area contributed by atoms with Gasteiger partial charge in [-0.3, -0.25) is 15.4 Å². The first-order chi connectivity index (χ1) is 8.88. The Bertz CT molecular complexity index is 408. The Morgan fingerprint density at radius 1 is 1.42 bits per heavy atom. The van der Waals surface area contributed by atoms with Crippen LogP contribution in [0.5, 0.6) is 0 Å². The number of hydrogen-bond donors (Lipinski definition) is 2. The van der Waals surface area contributed by atoms with Crippen molar-refractivity contribution in [2.75, 3.05) is 27.2 Å². The molecular weight excluding hydrogens is 264 g/mol. The van der Waals surface area contributed by atoms with E-state index in [0.29, 0.717) is 35.5 Å². The zero-order valence-corrected chi connectivity index (χ0v) is 12.6. The number of nitrogens with zero attached hydrogens (tertiary/aromatic N) is 4. The average molecular weight is 285 g/mol. The van der Waals surface area contributed by atoms with E-state index in [1.807, 2.05) is 21.0 Å². The lowest BCUT2D eigenvalue weighted by Crippen LogP contribution is -2.28. The summed E-state index contributed by atoms with van der Waals surface area (Å²) in [5.74, 6) is 1.09. The standard InChI is InChI=1S/C12H21ClN6/c1-6-15-12(10(3)14)18-17-8-11(19(4)5)16-7-9(2)13/h8,14H,2,6-7H2,1,3-5H3,(H,15,18)/b14-10?,16-11?,17-8-. The molecule has 7 heteroatoms. The summed E-state index contributed by atoms with van der Waals surface area (Å²) in [5.41, 5.74) is 3.06. The SMILES string of the molecule is C=C(Cl)CN=C(/C=N\NC(=NCC)C(C)=N)N(C)C. The van der Waals surface area contributed by atoms with Gasteiger partial charge in [-0.25, -0.2) is 0 Å². The molecule has 0 aromatic rings. The van der Waals surface area contributed by atoms with Gasteiger partial charge in [0, 0.05) is 25.7 Å². The molecular formula is C12H21ClN6. The van der Waals surface area contributed by atoms with Crippen molar-refractivity contribution in [1.82, 2.24) is 10.3 Å². The second kappa shape index (κ2) is 9.27. The fraction of sp³-hybridized carbons (Fsp3) is 0.500. The highest BCUT2D eigenvalue weighted by molar-refractivity contribution is 6.39. The zero-order valence-electron chi connectivity index (χ0n) is 11.9. The lowest BCUT2D eigenvalue weighted by atomic mass is 10.4. The van der Waals surface area contributed by atoms with Crippen molar-refractivity contribution in [3.05, 3.63) is 11.6 Å². The van der Waals surface area contributed by atoms with Gasteiger partial charge in [-0.05, 0) is 13.8 Å². The predicted octanol–water partition coefficient (Wildman–Crippen LogP) is 1.73. The number of halogens is 1. The molecule has 0 aromatic carbocycles. The van der Waals surface area contributed by atoms with E-state index in [1.165, 1.54) is 0 Å². The van der Waals surface area contributed by atoms with Gasteiger partial charge in [0.15, 0.2) is 5.84 Å². The Hall–Kier alpha value is -1.69. The van der Waals surface area contributed by atoms with Gasteiger partial charge in [0.2, 0.25) is 0 Å². The van der Waals surface area contributed by atoms with Crippen molar-refractivity contribution in [3.63, 3.8) is 0 Å². The molecule has 6 nitrogen and oxygen atoms in total. The molecule has 0 aliphatic heterocycles. The summed E-state index contributed by atoms with van der Waals surface area (Å²) in [6.45, 7) is 8.05. The fourth-order valence-corrected chi connectivity index (χ4v) is 1.07. The van der Waals surface area contributed by atoms with Crippen LogP contribution in [-0.2, 0) is 0 Å². The van der Waals surface area contributed by atoms with Crippen molar-refractivity contribution in [2.45, 2.75) is 13.8 Å². The largest absolute Gasteiger partial charge is 0.362 e. The smallest absolute Gasteiger partial charge is 0.162 e. The van der Waals surface area contributed by atoms with Crippen molar-refractivity contribution < 1.29 is 0 Å². The highest BCUT2D eigenvalue weighted by Crippen LogP contribution is 1.96. The molecule has 0 heterocycles. The van der Waals surface area contributed by atoms with Crippen LogP contribution in [0.1, 0.15) is 13.8 Å². The van der Waals surface area contributed by atoms with Crippen molar-refractivity contribution in [2.24, 2.45) is 15.1 Å². The van der Waals surface area contributed by atoms with Crippen LogP contribution in [0.3, 0.4) is 0 Å². The third-order valence-electron chi connectivity index (χ3n) is 1.89. The molecule has 0 fully saturated rings. The maximum absolute atomic E-state index is 7.53. The molecule has 2 N–H and O–H groups in total. The Morgan fingerprint density at radius 2 is 2.05 bits per heavy atom. The number of amidine groups is 2. The first-order valence-corrected chi connectivity index (χ1v) is 6.20. The highest BCUT2D eigenvalue weighted by Gasteiger charge is 2.01. The lowest BCUT2D eigenvalue weighted by Gasteiger charge is -2.11. The van der Waals surface area contributed by atoms with Crippen LogP contribution in [0.25, 0.3) is 0 Å². The van der Waals surface area contributed by atoms with Gasteiger partial charge in [-0.15, -0.1) is 0 Å². The van der Waals surface area contributed by atoms with E-state index in [1.54, 1.807) is 18.0 Å². The van der Waals surface area contributed by atoms with Crippen LogP contribution in [0.15, 0.2) is 26.7 Å². The second-order valence-corrected chi connectivity index (χ2v) is 4.44. The molecule has 0 saturated heterocycles. The van der Waals surface area contributed by atoms with Crippen molar-refractivity contribution in [1.29, 1.82) is 5.41 Å². The van der Waals surface area contributed by atoms with E-state index >= 15 is 0 Å². The van der Waals surface area contributed by atoms with Gasteiger partial charge < -0.3 is 10.3 Å². The van der Waals surface area contributed by atoms with Gasteiger partial charge in [0.1, 0.15) is 5.84 Å². The molecule has 0 spiro atoms. The minimum absolute atomic E-state index is 0.330. The molecule has 0 atom stereocenters. The summed E-state index contributed by atoms with van der Waals surface area (Å²) >= 11 is 5.67. The topological polar surface area (TPSA) is 76.2 Å². The summed E-state index contributed by atoms with van der Waals surface area (Å²) in [6.07, 6.45) is 1.55. The Balaban J connectivity index is 4.73. The van der Waals surface area contributed by atoms with Gasteiger partial charge >= 0.3 is 0 Å². The maximum Gasteiger partial charge on any atom is 0.162 e. The summed E-state index contributed by atoms with van der Waals surface area (Å²) < 4.78 is 0. The summed E-state index contributed by atoms with van der Waals surface area (Å²) in [5, 5.41) is 12.0. The van der Waals surface area contributed by atoms with E-state index in [2.05, 4.69) is 27.1 Å². The van der Waals surface area contributed by atoms with Gasteiger partial charge in [0.05, 0.1) is 18.5 Å². The molecule has 19 heavy (non-hydrogen) atoms. The molecule has 0 aliphatic rings. The highest BCUT2D eigenvalue weighted by atomic mass is 35.5. The van der Waals surface area contributed by atoms with Crippen LogP contribution in [-0.4, -0.2) is 55.7 Å². The molecule has 0 aromatic heterocycles. The molecule has 106 valence electrons. The Labute approximate surface area is 119 Å². The number of nitrogens with one attached hydrogen (secondary N) is 2. The van der Waals surface area contributed by atoms with Gasteiger partial charge in [0.25, 0.3) is 0 Å². The summed E-state index contributed by atoms with van der Waals surface area (Å²) in [4.78, 5) is 10.2. The van der Waals surface area contributed by atoms with E-state index in [9.17, 15) is 0 Å². The normalized spacial score (nSPS) is 12.7. The molecule has 0 unspecified atom stereocenters.